The Labute approximate surface area is 152 Å². The smallest absolute Gasteiger partial charge is 0.348 e. The molecule has 0 spiro atoms. The van der Waals surface area contributed by atoms with Crippen LogP contribution in [-0.4, -0.2) is 18.9 Å². The number of Topliss-reactive ketones (excluding diaryl/α,β-unsaturated/α-hetero) is 1. The van der Waals surface area contributed by atoms with E-state index < -0.39 is 0 Å². The first-order chi connectivity index (χ1) is 12.2. The van der Waals surface area contributed by atoms with Gasteiger partial charge in [0.15, 0.2) is 5.78 Å². The Balaban J connectivity index is 1.58. The molecule has 0 fully saturated rings. The van der Waals surface area contributed by atoms with Crippen LogP contribution < -0.4 is 0 Å². The average Bonchev–Trinajstić information content (AvgIpc) is 3.12. The van der Waals surface area contributed by atoms with E-state index in [-0.39, 0.29) is 11.8 Å². The summed E-state index contributed by atoms with van der Waals surface area (Å²) in [5.74, 6) is 0.445. The summed E-state index contributed by atoms with van der Waals surface area (Å²) in [5, 5.41) is 0. The minimum atomic E-state index is -0.381. The number of ether oxygens (including phenoxy) is 1. The van der Waals surface area contributed by atoms with Gasteiger partial charge in [-0.15, -0.1) is 11.3 Å². The SMILES string of the molecule is COC(=O)c1ccc(C(=O)Cc2cc3c4c(c2)CCCC4CCC3)s1. The minimum Gasteiger partial charge on any atom is -0.465 e. The molecule has 2 aromatic rings. The number of hydrogen-bond donors (Lipinski definition) is 0. The predicted octanol–water partition coefficient (Wildman–Crippen LogP) is 4.72. The van der Waals surface area contributed by atoms with Crippen molar-refractivity contribution in [1.29, 1.82) is 0 Å². The van der Waals surface area contributed by atoms with Gasteiger partial charge < -0.3 is 4.74 Å². The topological polar surface area (TPSA) is 43.4 Å². The zero-order valence-corrected chi connectivity index (χ0v) is 15.3. The quantitative estimate of drug-likeness (QED) is 0.589. The Morgan fingerprint density at radius 2 is 1.72 bits per heavy atom. The van der Waals surface area contributed by atoms with Crippen molar-refractivity contribution >= 4 is 23.1 Å². The number of esters is 1. The molecule has 4 heteroatoms. The van der Waals surface area contributed by atoms with Crippen LogP contribution in [-0.2, 0) is 24.0 Å². The second-order valence-corrected chi connectivity index (χ2v) is 8.15. The van der Waals surface area contributed by atoms with Gasteiger partial charge in [-0.3, -0.25) is 4.79 Å². The van der Waals surface area contributed by atoms with Crippen LogP contribution in [0.1, 0.15) is 73.2 Å². The van der Waals surface area contributed by atoms with Gasteiger partial charge in [-0.25, -0.2) is 4.79 Å². The maximum absolute atomic E-state index is 12.6. The molecule has 0 atom stereocenters. The molecule has 1 aromatic heterocycles. The Kier molecular flexibility index (Phi) is 4.46. The lowest BCUT2D eigenvalue weighted by Gasteiger charge is -2.32. The van der Waals surface area contributed by atoms with Crippen LogP contribution in [0.25, 0.3) is 0 Å². The molecular weight excluding hydrogens is 332 g/mol. The molecule has 1 heterocycles. The highest BCUT2D eigenvalue weighted by Gasteiger charge is 2.27. The Hall–Kier alpha value is -1.94. The van der Waals surface area contributed by atoms with E-state index in [9.17, 15) is 9.59 Å². The standard InChI is InChI=1S/C21H22O3S/c1-24-21(23)19-9-8-18(25-19)17(22)12-13-10-15-6-2-4-14-5-3-7-16(11-13)20(14)15/h8-11,14H,2-7,12H2,1H3. The van der Waals surface area contributed by atoms with E-state index in [2.05, 4.69) is 12.1 Å². The molecule has 130 valence electrons. The molecule has 25 heavy (non-hydrogen) atoms. The number of carbonyl (C=O) groups is 2. The third-order valence-electron chi connectivity index (χ3n) is 5.45. The van der Waals surface area contributed by atoms with Crippen molar-refractivity contribution in [1.82, 2.24) is 0 Å². The zero-order chi connectivity index (χ0) is 17.4. The van der Waals surface area contributed by atoms with Crippen molar-refractivity contribution in [3.8, 4) is 0 Å². The Morgan fingerprint density at radius 3 is 2.36 bits per heavy atom. The number of benzene rings is 1. The first-order valence-corrected chi connectivity index (χ1v) is 9.83. The van der Waals surface area contributed by atoms with E-state index in [1.54, 1.807) is 17.7 Å². The van der Waals surface area contributed by atoms with Crippen LogP contribution in [0.5, 0.6) is 0 Å². The summed E-state index contributed by atoms with van der Waals surface area (Å²) in [5.41, 5.74) is 5.66. The molecule has 0 unspecified atom stereocenters. The van der Waals surface area contributed by atoms with Crippen molar-refractivity contribution < 1.29 is 14.3 Å². The van der Waals surface area contributed by atoms with Gasteiger partial charge in [0.05, 0.1) is 12.0 Å². The summed E-state index contributed by atoms with van der Waals surface area (Å²) >= 11 is 1.22. The van der Waals surface area contributed by atoms with Crippen LogP contribution in [0.2, 0.25) is 0 Å². The van der Waals surface area contributed by atoms with Crippen molar-refractivity contribution in [2.75, 3.05) is 7.11 Å². The number of aryl methyl sites for hydroxylation is 2. The number of carbonyl (C=O) groups excluding carboxylic acids is 2. The average molecular weight is 354 g/mol. The van der Waals surface area contributed by atoms with Crippen molar-refractivity contribution in [3.63, 3.8) is 0 Å². The highest BCUT2D eigenvalue weighted by Crippen LogP contribution is 2.41. The first-order valence-electron chi connectivity index (χ1n) is 9.01. The van der Waals surface area contributed by atoms with Crippen molar-refractivity contribution in [2.45, 2.75) is 50.9 Å². The maximum Gasteiger partial charge on any atom is 0.348 e. The molecule has 2 aliphatic rings. The summed E-state index contributed by atoms with van der Waals surface area (Å²) < 4.78 is 4.72. The van der Waals surface area contributed by atoms with Gasteiger partial charge in [-0.05, 0) is 78.8 Å². The normalized spacial score (nSPS) is 16.4. The third kappa shape index (κ3) is 3.15. The summed E-state index contributed by atoms with van der Waals surface area (Å²) in [4.78, 5) is 25.3. The maximum atomic E-state index is 12.6. The molecular formula is C21H22O3S. The fourth-order valence-electron chi connectivity index (χ4n) is 4.37. The molecule has 0 saturated heterocycles. The molecule has 0 saturated carbocycles. The van der Waals surface area contributed by atoms with Crippen LogP contribution in [0, 0.1) is 0 Å². The van der Waals surface area contributed by atoms with E-state index in [1.807, 2.05) is 0 Å². The summed E-state index contributed by atoms with van der Waals surface area (Å²) in [6.07, 6.45) is 7.88. The number of rotatable bonds is 4. The van der Waals surface area contributed by atoms with Crippen LogP contribution in [0.4, 0.5) is 0 Å². The molecule has 0 bridgehead atoms. The summed E-state index contributed by atoms with van der Waals surface area (Å²) in [6, 6.07) is 7.91. The van der Waals surface area contributed by atoms with Crippen molar-refractivity contribution in [2.24, 2.45) is 0 Å². The van der Waals surface area contributed by atoms with Gasteiger partial charge in [0.1, 0.15) is 4.88 Å². The lowest BCUT2D eigenvalue weighted by molar-refractivity contribution is 0.0606. The highest BCUT2D eigenvalue weighted by atomic mass is 32.1. The number of hydrogen-bond acceptors (Lipinski definition) is 4. The lowest BCUT2D eigenvalue weighted by Crippen LogP contribution is -2.18. The van der Waals surface area contributed by atoms with Gasteiger partial charge in [0.25, 0.3) is 0 Å². The summed E-state index contributed by atoms with van der Waals surface area (Å²) in [6.45, 7) is 0. The molecule has 3 nitrogen and oxygen atoms in total. The number of thiophene rings is 1. The van der Waals surface area contributed by atoms with Gasteiger partial charge in [-0.2, -0.15) is 0 Å². The van der Waals surface area contributed by atoms with Crippen LogP contribution in [0.15, 0.2) is 24.3 Å². The first kappa shape index (κ1) is 16.5. The lowest BCUT2D eigenvalue weighted by atomic mass is 9.73. The van der Waals surface area contributed by atoms with E-state index in [4.69, 9.17) is 4.74 Å². The van der Waals surface area contributed by atoms with Gasteiger partial charge in [0.2, 0.25) is 0 Å². The van der Waals surface area contributed by atoms with E-state index in [0.717, 1.165) is 24.3 Å². The summed E-state index contributed by atoms with van der Waals surface area (Å²) in [7, 11) is 1.36. The van der Waals surface area contributed by atoms with Gasteiger partial charge in [0, 0.05) is 6.42 Å². The Morgan fingerprint density at radius 1 is 1.08 bits per heavy atom. The fourth-order valence-corrected chi connectivity index (χ4v) is 5.23. The predicted molar refractivity (Wildman–Crippen MR) is 98.8 cm³/mol. The third-order valence-corrected chi connectivity index (χ3v) is 6.56. The van der Waals surface area contributed by atoms with Crippen LogP contribution in [0.3, 0.4) is 0 Å². The molecule has 0 amide bonds. The molecule has 0 aliphatic heterocycles. The van der Waals surface area contributed by atoms with Gasteiger partial charge >= 0.3 is 5.97 Å². The second-order valence-electron chi connectivity index (χ2n) is 7.06. The fraction of sp³-hybridized carbons (Fsp3) is 0.429. The Bertz CT molecular complexity index is 802. The van der Waals surface area contributed by atoms with Crippen molar-refractivity contribution in [3.05, 3.63) is 56.3 Å². The van der Waals surface area contributed by atoms with E-state index >= 15 is 0 Å². The molecule has 1 aromatic carbocycles. The number of methoxy groups -OCH3 is 1. The van der Waals surface area contributed by atoms with Crippen LogP contribution >= 0.6 is 11.3 Å². The molecule has 0 radical (unpaired) electrons. The largest absolute Gasteiger partial charge is 0.465 e. The number of ketones is 1. The second kappa shape index (κ2) is 6.75. The van der Waals surface area contributed by atoms with Gasteiger partial charge in [-0.1, -0.05) is 12.1 Å². The molecule has 2 aliphatic carbocycles. The van der Waals surface area contributed by atoms with E-state index in [1.165, 1.54) is 55.3 Å². The molecule has 0 N–H and O–H groups in total. The zero-order valence-electron chi connectivity index (χ0n) is 14.5. The monoisotopic (exact) mass is 354 g/mol. The molecule has 4 rings (SSSR count). The minimum absolute atomic E-state index is 0.0791. The van der Waals surface area contributed by atoms with E-state index in [0.29, 0.717) is 16.2 Å². The highest BCUT2D eigenvalue weighted by molar-refractivity contribution is 7.15.